The van der Waals surface area contributed by atoms with Gasteiger partial charge in [0.05, 0.1) is 18.6 Å². The molecular weight excluding hydrogens is 386 g/mol. The van der Waals surface area contributed by atoms with Crippen LogP contribution in [0.5, 0.6) is 5.75 Å². The summed E-state index contributed by atoms with van der Waals surface area (Å²) in [6.07, 6.45) is 0.476. The van der Waals surface area contributed by atoms with E-state index in [4.69, 9.17) is 4.74 Å². The molecule has 2 aromatic carbocycles. The van der Waals surface area contributed by atoms with Crippen LogP contribution in [0, 0.1) is 0 Å². The number of carbonyl (C=O) groups is 1. The molecule has 0 aromatic heterocycles. The smallest absolute Gasteiger partial charge is 0.254 e. The second-order valence-corrected chi connectivity index (χ2v) is 10.9. The van der Waals surface area contributed by atoms with Crippen LogP contribution >= 0.6 is 0 Å². The van der Waals surface area contributed by atoms with Crippen LogP contribution in [0.2, 0.25) is 0 Å². The highest BCUT2D eigenvalue weighted by molar-refractivity contribution is 7.91. The minimum Gasteiger partial charge on any atom is -0.497 e. The number of benzene rings is 2. The fourth-order valence-corrected chi connectivity index (χ4v) is 5.32. The molecule has 0 radical (unpaired) electrons. The zero-order chi connectivity index (χ0) is 21.2. The summed E-state index contributed by atoms with van der Waals surface area (Å²) in [4.78, 5) is 15.0. The molecule has 29 heavy (non-hydrogen) atoms. The lowest BCUT2D eigenvalue weighted by Crippen LogP contribution is -2.40. The number of carbonyl (C=O) groups excluding carboxylic acids is 1. The molecule has 0 aliphatic carbocycles. The van der Waals surface area contributed by atoms with Crippen LogP contribution in [0.25, 0.3) is 0 Å². The SMILES string of the molecule is COc1ccc(CN(C(=O)c2ccc(C(C)(C)C)cc2)[C@@H]2CCS(=O)(=O)C2)cc1. The fraction of sp³-hybridized carbons (Fsp3) is 0.435. The van der Waals surface area contributed by atoms with E-state index >= 15 is 0 Å². The summed E-state index contributed by atoms with van der Waals surface area (Å²) in [7, 11) is -1.49. The molecule has 0 unspecified atom stereocenters. The van der Waals surface area contributed by atoms with E-state index < -0.39 is 9.84 Å². The minimum atomic E-state index is -3.10. The number of amides is 1. The van der Waals surface area contributed by atoms with Gasteiger partial charge in [-0.15, -0.1) is 0 Å². The van der Waals surface area contributed by atoms with Gasteiger partial charge in [-0.05, 0) is 47.2 Å². The van der Waals surface area contributed by atoms with Gasteiger partial charge >= 0.3 is 0 Å². The van der Waals surface area contributed by atoms with E-state index in [-0.39, 0.29) is 28.9 Å². The monoisotopic (exact) mass is 415 g/mol. The van der Waals surface area contributed by atoms with Crippen molar-refractivity contribution < 1.29 is 17.9 Å². The zero-order valence-electron chi connectivity index (χ0n) is 17.5. The van der Waals surface area contributed by atoms with Crippen LogP contribution < -0.4 is 4.74 Å². The van der Waals surface area contributed by atoms with E-state index in [1.807, 2.05) is 48.5 Å². The molecule has 0 bridgehead atoms. The summed E-state index contributed by atoms with van der Waals surface area (Å²) in [5.74, 6) is 0.762. The first-order valence-electron chi connectivity index (χ1n) is 9.84. The molecule has 0 saturated carbocycles. The molecule has 1 heterocycles. The third-order valence-electron chi connectivity index (χ3n) is 5.42. The van der Waals surface area contributed by atoms with Crippen molar-refractivity contribution in [1.82, 2.24) is 4.90 Å². The van der Waals surface area contributed by atoms with Crippen LogP contribution in [0.4, 0.5) is 0 Å². The number of rotatable bonds is 5. The number of sulfone groups is 1. The van der Waals surface area contributed by atoms with Crippen LogP contribution in [0.3, 0.4) is 0 Å². The normalized spacial score (nSPS) is 18.4. The van der Waals surface area contributed by atoms with Gasteiger partial charge in [-0.3, -0.25) is 4.79 Å². The quantitative estimate of drug-likeness (QED) is 0.745. The summed E-state index contributed by atoms with van der Waals surface area (Å²) < 4.78 is 29.3. The molecule has 1 fully saturated rings. The van der Waals surface area contributed by atoms with Gasteiger partial charge in [0, 0.05) is 18.2 Å². The fourth-order valence-electron chi connectivity index (χ4n) is 3.59. The lowest BCUT2D eigenvalue weighted by atomic mass is 9.86. The highest BCUT2D eigenvalue weighted by Gasteiger charge is 2.35. The molecule has 1 saturated heterocycles. The van der Waals surface area contributed by atoms with Crippen molar-refractivity contribution in [2.45, 2.75) is 45.2 Å². The van der Waals surface area contributed by atoms with Crippen LogP contribution in [-0.4, -0.2) is 43.9 Å². The molecule has 1 aliphatic rings. The average Bonchev–Trinajstić information content (AvgIpc) is 3.05. The van der Waals surface area contributed by atoms with E-state index in [0.29, 0.717) is 18.5 Å². The summed E-state index contributed by atoms with van der Waals surface area (Å²) in [6.45, 7) is 6.75. The highest BCUT2D eigenvalue weighted by Crippen LogP contribution is 2.26. The predicted molar refractivity (Wildman–Crippen MR) is 115 cm³/mol. The van der Waals surface area contributed by atoms with Crippen molar-refractivity contribution >= 4 is 15.7 Å². The molecule has 1 atom stereocenters. The maximum absolute atomic E-state index is 13.3. The van der Waals surface area contributed by atoms with Crippen molar-refractivity contribution in [3.63, 3.8) is 0 Å². The molecule has 0 spiro atoms. The van der Waals surface area contributed by atoms with Crippen molar-refractivity contribution in [1.29, 1.82) is 0 Å². The maximum Gasteiger partial charge on any atom is 0.254 e. The van der Waals surface area contributed by atoms with E-state index in [0.717, 1.165) is 16.9 Å². The second kappa shape index (κ2) is 8.19. The Morgan fingerprint density at radius 3 is 2.17 bits per heavy atom. The standard InChI is InChI=1S/C23H29NO4S/c1-23(2,3)19-9-7-18(8-10-19)22(25)24(20-13-14-29(26,27)16-20)15-17-5-11-21(28-4)12-6-17/h5-12,20H,13-16H2,1-4H3/t20-/m1/s1. The van der Waals surface area contributed by atoms with Crippen molar-refractivity contribution in [3.05, 3.63) is 65.2 Å². The van der Waals surface area contributed by atoms with E-state index in [1.54, 1.807) is 12.0 Å². The Labute approximate surface area is 173 Å². The number of nitrogens with zero attached hydrogens (tertiary/aromatic N) is 1. The zero-order valence-corrected chi connectivity index (χ0v) is 18.3. The van der Waals surface area contributed by atoms with Crippen LogP contribution in [-0.2, 0) is 21.8 Å². The molecule has 3 rings (SSSR count). The molecule has 1 aliphatic heterocycles. The van der Waals surface area contributed by atoms with E-state index in [1.165, 1.54) is 0 Å². The predicted octanol–water partition coefficient (Wildman–Crippen LogP) is 3.82. The molecule has 5 nitrogen and oxygen atoms in total. The Balaban J connectivity index is 1.88. The van der Waals surface area contributed by atoms with Crippen LogP contribution in [0.15, 0.2) is 48.5 Å². The Bertz CT molecular complexity index is 957. The highest BCUT2D eigenvalue weighted by atomic mass is 32.2. The van der Waals surface area contributed by atoms with Gasteiger partial charge in [0.1, 0.15) is 5.75 Å². The van der Waals surface area contributed by atoms with Gasteiger partial charge in [0.15, 0.2) is 9.84 Å². The van der Waals surface area contributed by atoms with Gasteiger partial charge in [0.25, 0.3) is 5.91 Å². The first-order chi connectivity index (χ1) is 13.6. The van der Waals surface area contributed by atoms with Gasteiger partial charge in [-0.2, -0.15) is 0 Å². The topological polar surface area (TPSA) is 63.7 Å². The van der Waals surface area contributed by atoms with E-state index in [9.17, 15) is 13.2 Å². The first-order valence-corrected chi connectivity index (χ1v) is 11.7. The van der Waals surface area contributed by atoms with Gasteiger partial charge in [-0.25, -0.2) is 8.42 Å². The van der Waals surface area contributed by atoms with Gasteiger partial charge in [0.2, 0.25) is 0 Å². The van der Waals surface area contributed by atoms with Gasteiger partial charge in [-0.1, -0.05) is 45.0 Å². The second-order valence-electron chi connectivity index (χ2n) is 8.67. The third kappa shape index (κ3) is 5.18. The number of ether oxygens (including phenoxy) is 1. The molecule has 1 amide bonds. The number of hydrogen-bond acceptors (Lipinski definition) is 4. The molecular formula is C23H29NO4S. The Hall–Kier alpha value is -2.34. The Morgan fingerprint density at radius 1 is 1.07 bits per heavy atom. The van der Waals surface area contributed by atoms with E-state index in [2.05, 4.69) is 20.8 Å². The number of methoxy groups -OCH3 is 1. The first kappa shape index (κ1) is 21.4. The Kier molecular flexibility index (Phi) is 6.03. The Morgan fingerprint density at radius 2 is 1.69 bits per heavy atom. The van der Waals surface area contributed by atoms with Gasteiger partial charge < -0.3 is 9.64 Å². The van der Waals surface area contributed by atoms with Crippen molar-refractivity contribution in [2.75, 3.05) is 18.6 Å². The minimum absolute atomic E-state index is 0.00386. The summed E-state index contributed by atoms with van der Waals surface area (Å²) in [5, 5.41) is 0. The lowest BCUT2D eigenvalue weighted by Gasteiger charge is -2.29. The van der Waals surface area contributed by atoms with Crippen molar-refractivity contribution in [2.24, 2.45) is 0 Å². The molecule has 0 N–H and O–H groups in total. The summed E-state index contributed by atoms with van der Waals surface area (Å²) >= 11 is 0. The summed E-state index contributed by atoms with van der Waals surface area (Å²) in [6, 6.07) is 14.8. The van der Waals surface area contributed by atoms with Crippen LogP contribution in [0.1, 0.15) is 48.7 Å². The number of hydrogen-bond donors (Lipinski definition) is 0. The average molecular weight is 416 g/mol. The third-order valence-corrected chi connectivity index (χ3v) is 7.17. The molecule has 6 heteroatoms. The van der Waals surface area contributed by atoms with Crippen molar-refractivity contribution in [3.8, 4) is 5.75 Å². The maximum atomic E-state index is 13.3. The largest absolute Gasteiger partial charge is 0.497 e. The molecule has 156 valence electrons. The summed E-state index contributed by atoms with van der Waals surface area (Å²) in [5.41, 5.74) is 2.67. The lowest BCUT2D eigenvalue weighted by molar-refractivity contribution is 0.0681. The molecule has 2 aromatic rings.